The molecule has 0 saturated heterocycles. The monoisotopic (exact) mass is 338 g/mol. The molecule has 0 heterocycles. The first-order chi connectivity index (χ1) is 9.47. The van der Waals surface area contributed by atoms with Crippen LogP contribution in [0, 0.1) is 5.41 Å². The number of aryl methyl sites for hydroxylation is 1. The van der Waals surface area contributed by atoms with Crippen molar-refractivity contribution < 1.29 is 0 Å². The van der Waals surface area contributed by atoms with Gasteiger partial charge in [-0.05, 0) is 42.4 Å². The van der Waals surface area contributed by atoms with Crippen molar-refractivity contribution in [1.29, 1.82) is 0 Å². The zero-order valence-electron chi connectivity index (χ0n) is 13.6. The lowest BCUT2D eigenvalue weighted by molar-refractivity contribution is 0.356. The third kappa shape index (κ3) is 9.58. The van der Waals surface area contributed by atoms with E-state index >= 15 is 0 Å². The molecule has 1 aromatic rings. The van der Waals surface area contributed by atoms with E-state index in [1.165, 1.54) is 67.8 Å². The molecule has 20 heavy (non-hydrogen) atoms. The first-order valence-corrected chi connectivity index (χ1v) is 9.01. The van der Waals surface area contributed by atoms with Crippen molar-refractivity contribution >= 4 is 15.9 Å². The summed E-state index contributed by atoms with van der Waals surface area (Å²) in [4.78, 5) is 0. The lowest BCUT2D eigenvalue weighted by atomic mass is 9.89. The zero-order valence-corrected chi connectivity index (χ0v) is 15.1. The summed E-state index contributed by atoms with van der Waals surface area (Å²) in [6.07, 6.45) is 12.4. The van der Waals surface area contributed by atoms with Crippen LogP contribution in [0.3, 0.4) is 0 Å². The fourth-order valence-corrected chi connectivity index (χ4v) is 3.01. The van der Waals surface area contributed by atoms with Gasteiger partial charge in [0.15, 0.2) is 0 Å². The van der Waals surface area contributed by atoms with Crippen LogP contribution in [0.1, 0.15) is 77.7 Å². The zero-order chi connectivity index (χ0) is 14.8. The Morgan fingerprint density at radius 2 is 1.45 bits per heavy atom. The molecular formula is C19H31Br. The number of rotatable bonds is 9. The van der Waals surface area contributed by atoms with Gasteiger partial charge >= 0.3 is 0 Å². The second-order valence-corrected chi connectivity index (χ2v) is 8.08. The molecule has 0 aliphatic carbocycles. The summed E-state index contributed by atoms with van der Waals surface area (Å²) in [7, 11) is 0. The highest BCUT2D eigenvalue weighted by Crippen LogP contribution is 2.22. The molecule has 114 valence electrons. The standard InChI is InChI=1S/C19H31Br/c1-19(2,3)15-10-8-6-4-5-7-9-12-17-13-11-14-18(20)16-17/h11,13-14,16H,4-10,12,15H2,1-3H3. The molecule has 0 aliphatic heterocycles. The van der Waals surface area contributed by atoms with Gasteiger partial charge in [0.2, 0.25) is 0 Å². The predicted molar refractivity (Wildman–Crippen MR) is 94.2 cm³/mol. The fourth-order valence-electron chi connectivity index (χ4n) is 2.56. The molecule has 0 saturated carbocycles. The lowest BCUT2D eigenvalue weighted by Gasteiger charge is -2.17. The molecule has 1 rings (SSSR count). The Bertz CT molecular complexity index is 362. The summed E-state index contributed by atoms with van der Waals surface area (Å²) in [5.41, 5.74) is 1.98. The summed E-state index contributed by atoms with van der Waals surface area (Å²) < 4.78 is 1.20. The highest BCUT2D eigenvalue weighted by Gasteiger charge is 2.08. The van der Waals surface area contributed by atoms with E-state index in [9.17, 15) is 0 Å². The molecule has 0 unspecified atom stereocenters. The molecule has 0 amide bonds. The van der Waals surface area contributed by atoms with E-state index in [1.807, 2.05) is 0 Å². The smallest absolute Gasteiger partial charge is 0.0177 e. The van der Waals surface area contributed by atoms with Gasteiger partial charge in [0.05, 0.1) is 0 Å². The van der Waals surface area contributed by atoms with E-state index in [0.717, 1.165) is 0 Å². The minimum atomic E-state index is 0.518. The highest BCUT2D eigenvalue weighted by atomic mass is 79.9. The molecule has 0 fully saturated rings. The van der Waals surface area contributed by atoms with Crippen molar-refractivity contribution in [3.63, 3.8) is 0 Å². The van der Waals surface area contributed by atoms with Crippen LogP contribution in [-0.4, -0.2) is 0 Å². The molecule has 1 aromatic carbocycles. The Balaban J connectivity index is 1.93. The van der Waals surface area contributed by atoms with Gasteiger partial charge in [-0.15, -0.1) is 0 Å². The first kappa shape index (κ1) is 17.8. The summed E-state index contributed by atoms with van der Waals surface area (Å²) in [6.45, 7) is 7.03. The van der Waals surface area contributed by atoms with Gasteiger partial charge in [0, 0.05) is 4.47 Å². The highest BCUT2D eigenvalue weighted by molar-refractivity contribution is 9.10. The topological polar surface area (TPSA) is 0 Å². The van der Waals surface area contributed by atoms with Gasteiger partial charge in [-0.2, -0.15) is 0 Å². The van der Waals surface area contributed by atoms with E-state index in [-0.39, 0.29) is 0 Å². The predicted octanol–water partition coefficient (Wildman–Crippen LogP) is 7.16. The van der Waals surface area contributed by atoms with Crippen molar-refractivity contribution in [2.75, 3.05) is 0 Å². The Hall–Kier alpha value is -0.300. The van der Waals surface area contributed by atoms with E-state index in [4.69, 9.17) is 0 Å². The van der Waals surface area contributed by atoms with Crippen LogP contribution in [0.2, 0.25) is 0 Å². The van der Waals surface area contributed by atoms with Gasteiger partial charge in [-0.1, -0.05) is 87.4 Å². The number of unbranched alkanes of at least 4 members (excludes halogenated alkanes) is 6. The summed E-state index contributed by atoms with van der Waals surface area (Å²) in [5, 5.41) is 0. The fraction of sp³-hybridized carbons (Fsp3) is 0.684. The molecule has 0 atom stereocenters. The van der Waals surface area contributed by atoms with E-state index < -0.39 is 0 Å². The average molecular weight is 339 g/mol. The maximum absolute atomic E-state index is 3.53. The van der Waals surface area contributed by atoms with Gasteiger partial charge in [0.25, 0.3) is 0 Å². The Labute approximate surface area is 134 Å². The first-order valence-electron chi connectivity index (χ1n) is 8.22. The van der Waals surface area contributed by atoms with Gasteiger partial charge in [-0.25, -0.2) is 0 Å². The number of hydrogen-bond donors (Lipinski definition) is 0. The van der Waals surface area contributed by atoms with Crippen molar-refractivity contribution in [1.82, 2.24) is 0 Å². The molecule has 0 spiro atoms. The van der Waals surface area contributed by atoms with E-state index in [2.05, 4.69) is 61.0 Å². The van der Waals surface area contributed by atoms with E-state index in [1.54, 1.807) is 0 Å². The SMILES string of the molecule is CC(C)(C)CCCCCCCCCc1cccc(Br)c1. The Morgan fingerprint density at radius 1 is 0.850 bits per heavy atom. The van der Waals surface area contributed by atoms with E-state index in [0.29, 0.717) is 5.41 Å². The molecule has 0 aliphatic rings. The lowest BCUT2D eigenvalue weighted by Crippen LogP contribution is -2.03. The quantitative estimate of drug-likeness (QED) is 0.419. The molecule has 0 N–H and O–H groups in total. The Morgan fingerprint density at radius 3 is 2.05 bits per heavy atom. The molecule has 0 bridgehead atoms. The van der Waals surface area contributed by atoms with Crippen LogP contribution in [-0.2, 0) is 6.42 Å². The minimum absolute atomic E-state index is 0.518. The summed E-state index contributed by atoms with van der Waals surface area (Å²) in [6, 6.07) is 8.71. The minimum Gasteiger partial charge on any atom is -0.0609 e. The molecule has 0 aromatic heterocycles. The Kier molecular flexibility index (Phi) is 8.52. The molecule has 0 nitrogen and oxygen atoms in total. The third-order valence-corrected chi connectivity index (χ3v) is 4.27. The van der Waals surface area contributed by atoms with Crippen LogP contribution in [0.5, 0.6) is 0 Å². The van der Waals surface area contributed by atoms with Gasteiger partial charge in [0.1, 0.15) is 0 Å². The maximum atomic E-state index is 3.53. The second kappa shape index (κ2) is 9.60. The van der Waals surface area contributed by atoms with Crippen molar-refractivity contribution in [3.05, 3.63) is 34.3 Å². The number of hydrogen-bond acceptors (Lipinski definition) is 0. The van der Waals surface area contributed by atoms with Crippen molar-refractivity contribution in [2.45, 2.75) is 78.6 Å². The second-order valence-electron chi connectivity index (χ2n) is 7.17. The average Bonchev–Trinajstić information content (AvgIpc) is 2.35. The van der Waals surface area contributed by atoms with Gasteiger partial charge in [-0.3, -0.25) is 0 Å². The third-order valence-electron chi connectivity index (χ3n) is 3.78. The van der Waals surface area contributed by atoms with Crippen molar-refractivity contribution in [2.24, 2.45) is 5.41 Å². The largest absolute Gasteiger partial charge is 0.0609 e. The van der Waals surface area contributed by atoms with Crippen LogP contribution < -0.4 is 0 Å². The molecule has 1 heteroatoms. The van der Waals surface area contributed by atoms with Crippen molar-refractivity contribution in [3.8, 4) is 0 Å². The van der Waals surface area contributed by atoms with Crippen LogP contribution in [0.25, 0.3) is 0 Å². The van der Waals surface area contributed by atoms with Gasteiger partial charge < -0.3 is 0 Å². The van der Waals surface area contributed by atoms with Crippen LogP contribution in [0.15, 0.2) is 28.7 Å². The number of halogens is 1. The number of benzene rings is 1. The maximum Gasteiger partial charge on any atom is 0.0177 e. The molecular weight excluding hydrogens is 308 g/mol. The van der Waals surface area contributed by atoms with Crippen LogP contribution >= 0.6 is 15.9 Å². The van der Waals surface area contributed by atoms with Crippen LogP contribution in [0.4, 0.5) is 0 Å². The molecule has 0 radical (unpaired) electrons. The summed E-state index contributed by atoms with van der Waals surface area (Å²) in [5.74, 6) is 0. The normalized spacial score (nSPS) is 11.8. The summed E-state index contributed by atoms with van der Waals surface area (Å²) >= 11 is 3.53.